The Hall–Kier alpha value is -1.56. The zero-order valence-electron chi connectivity index (χ0n) is 19.2. The third kappa shape index (κ3) is 5.33. The van der Waals surface area contributed by atoms with Crippen LogP contribution < -0.4 is 0 Å². The van der Waals surface area contributed by atoms with E-state index in [1.54, 1.807) is 0 Å². The molecule has 6 heteroatoms. The van der Waals surface area contributed by atoms with Crippen LogP contribution in [-0.4, -0.2) is 29.3 Å². The average molecular weight is 427 g/mol. The fraction of sp³-hybridized carbons (Fsp3) is 0.696. The van der Waals surface area contributed by atoms with Gasteiger partial charge in [-0.1, -0.05) is 74.1 Å². The minimum atomic E-state index is -4.18. The molecule has 0 saturated heterocycles. The van der Waals surface area contributed by atoms with Crippen LogP contribution in [0.3, 0.4) is 0 Å². The number of hydrogen-bond acceptors (Lipinski definition) is 4. The Labute approximate surface area is 176 Å². The minimum absolute atomic E-state index is 0.0365. The lowest BCUT2D eigenvalue weighted by molar-refractivity contribution is -0.139. The summed E-state index contributed by atoms with van der Waals surface area (Å²) in [6.07, 6.45) is 3.31. The van der Waals surface area contributed by atoms with Gasteiger partial charge < -0.3 is 10.2 Å². The second-order valence-electron chi connectivity index (χ2n) is 10.2. The molecular formula is C23H38O5S. The van der Waals surface area contributed by atoms with Crippen molar-refractivity contribution in [3.63, 3.8) is 0 Å². The summed E-state index contributed by atoms with van der Waals surface area (Å²) in [6, 6.07) is 2.90. The van der Waals surface area contributed by atoms with E-state index in [-0.39, 0.29) is 17.1 Å². The van der Waals surface area contributed by atoms with Crippen LogP contribution in [0.15, 0.2) is 17.0 Å². The first-order chi connectivity index (χ1) is 13.0. The number of sulfone groups is 1. The summed E-state index contributed by atoms with van der Waals surface area (Å²) in [7, 11) is -4.18. The van der Waals surface area contributed by atoms with Crippen LogP contribution in [0.4, 0.5) is 0 Å². The minimum Gasteiger partial charge on any atom is -0.507 e. The molecule has 1 aromatic carbocycles. The summed E-state index contributed by atoms with van der Waals surface area (Å²) >= 11 is 0. The maximum Gasteiger partial charge on any atom is 0.325 e. The number of phenols is 1. The smallest absolute Gasteiger partial charge is 0.325 e. The monoisotopic (exact) mass is 426 g/mol. The molecule has 0 aliphatic carbocycles. The number of benzene rings is 1. The van der Waals surface area contributed by atoms with E-state index >= 15 is 0 Å². The molecular weight excluding hydrogens is 388 g/mol. The number of unbranched alkanes of at least 4 members (excludes halogenated alkanes) is 3. The number of phenolic OH excluding ortho intramolecular Hbond substituents is 1. The van der Waals surface area contributed by atoms with E-state index in [1.807, 2.05) is 48.5 Å². The second kappa shape index (κ2) is 8.66. The second-order valence-corrected chi connectivity index (χ2v) is 12.6. The Morgan fingerprint density at radius 2 is 1.34 bits per heavy atom. The molecule has 5 nitrogen and oxygen atoms in total. The van der Waals surface area contributed by atoms with E-state index in [1.165, 1.54) is 19.1 Å². The Bertz CT molecular complexity index is 806. The molecule has 0 aromatic heterocycles. The number of aromatic hydroxyl groups is 1. The Morgan fingerprint density at radius 3 is 1.69 bits per heavy atom. The molecule has 0 radical (unpaired) electrons. The summed E-state index contributed by atoms with van der Waals surface area (Å²) in [5.41, 5.74) is -0.00310. The molecule has 0 heterocycles. The lowest BCUT2D eigenvalue weighted by Gasteiger charge is -2.30. The van der Waals surface area contributed by atoms with Gasteiger partial charge >= 0.3 is 5.97 Å². The van der Waals surface area contributed by atoms with E-state index in [4.69, 9.17) is 0 Å². The number of carboxylic acid groups (broad SMARTS) is 1. The van der Waals surface area contributed by atoms with Crippen molar-refractivity contribution in [2.24, 2.45) is 0 Å². The highest BCUT2D eigenvalue weighted by molar-refractivity contribution is 7.93. The van der Waals surface area contributed by atoms with Crippen molar-refractivity contribution in [2.75, 3.05) is 0 Å². The van der Waals surface area contributed by atoms with Crippen LogP contribution >= 0.6 is 0 Å². The quantitative estimate of drug-likeness (QED) is 0.530. The highest BCUT2D eigenvalue weighted by atomic mass is 32.2. The van der Waals surface area contributed by atoms with E-state index in [0.29, 0.717) is 17.5 Å². The molecule has 1 rings (SSSR count). The van der Waals surface area contributed by atoms with Crippen molar-refractivity contribution in [3.8, 4) is 5.75 Å². The summed E-state index contributed by atoms with van der Waals surface area (Å²) in [5.74, 6) is -1.26. The van der Waals surface area contributed by atoms with Gasteiger partial charge in [0.25, 0.3) is 0 Å². The molecule has 0 bridgehead atoms. The molecule has 0 saturated carbocycles. The molecule has 0 aliphatic rings. The van der Waals surface area contributed by atoms with Crippen LogP contribution in [-0.2, 0) is 25.5 Å². The molecule has 1 atom stereocenters. The maximum absolute atomic E-state index is 13.6. The van der Waals surface area contributed by atoms with Crippen LogP contribution in [0.1, 0.15) is 98.6 Å². The lowest BCUT2D eigenvalue weighted by Crippen LogP contribution is -2.43. The van der Waals surface area contributed by atoms with Crippen molar-refractivity contribution in [1.29, 1.82) is 0 Å². The molecule has 0 amide bonds. The first-order valence-corrected chi connectivity index (χ1v) is 11.8. The number of hydrogen-bond donors (Lipinski definition) is 2. The molecule has 2 N–H and O–H groups in total. The van der Waals surface area contributed by atoms with Crippen molar-refractivity contribution in [3.05, 3.63) is 23.3 Å². The van der Waals surface area contributed by atoms with Crippen LogP contribution in [0.25, 0.3) is 0 Å². The molecule has 29 heavy (non-hydrogen) atoms. The van der Waals surface area contributed by atoms with Gasteiger partial charge in [0.2, 0.25) is 0 Å². The third-order valence-electron chi connectivity index (χ3n) is 5.56. The SMILES string of the molecule is CCCCCCC(C)(C(=O)O)S(=O)(=O)c1cc(C(C)(C)C)c(O)c(C(C)(C)C)c1. The van der Waals surface area contributed by atoms with E-state index < -0.39 is 31.4 Å². The lowest BCUT2D eigenvalue weighted by atomic mass is 9.79. The molecule has 0 fully saturated rings. The van der Waals surface area contributed by atoms with Gasteiger partial charge in [-0.25, -0.2) is 8.42 Å². The average Bonchev–Trinajstić information content (AvgIpc) is 2.56. The van der Waals surface area contributed by atoms with Gasteiger partial charge in [-0.05, 0) is 36.3 Å². The van der Waals surface area contributed by atoms with E-state index in [0.717, 1.165) is 19.3 Å². The van der Waals surface area contributed by atoms with Crippen LogP contribution in [0, 0.1) is 0 Å². The fourth-order valence-electron chi connectivity index (χ4n) is 3.41. The van der Waals surface area contributed by atoms with Crippen LogP contribution in [0.2, 0.25) is 0 Å². The van der Waals surface area contributed by atoms with Gasteiger partial charge in [0.15, 0.2) is 14.6 Å². The molecule has 0 spiro atoms. The fourth-order valence-corrected chi connectivity index (χ4v) is 5.12. The predicted molar refractivity (Wildman–Crippen MR) is 117 cm³/mol. The van der Waals surface area contributed by atoms with Crippen molar-refractivity contribution >= 4 is 15.8 Å². The topological polar surface area (TPSA) is 91.7 Å². The Morgan fingerprint density at radius 1 is 0.897 bits per heavy atom. The van der Waals surface area contributed by atoms with Gasteiger partial charge in [0.05, 0.1) is 4.90 Å². The Kier molecular flexibility index (Phi) is 7.61. The maximum atomic E-state index is 13.6. The Balaban J connectivity index is 3.69. The third-order valence-corrected chi connectivity index (χ3v) is 7.98. The first-order valence-electron chi connectivity index (χ1n) is 10.4. The van der Waals surface area contributed by atoms with Crippen molar-refractivity contribution < 1.29 is 23.4 Å². The summed E-state index contributed by atoms with van der Waals surface area (Å²) in [5, 5.41) is 20.7. The number of carbonyl (C=O) groups is 1. The predicted octanol–water partition coefficient (Wildman–Crippen LogP) is 5.57. The van der Waals surface area contributed by atoms with Gasteiger partial charge in [-0.2, -0.15) is 0 Å². The van der Waals surface area contributed by atoms with E-state index in [9.17, 15) is 23.4 Å². The summed E-state index contributed by atoms with van der Waals surface area (Å²) < 4.78 is 25.2. The summed E-state index contributed by atoms with van der Waals surface area (Å²) in [6.45, 7) is 14.7. The highest BCUT2D eigenvalue weighted by Crippen LogP contribution is 2.42. The van der Waals surface area contributed by atoms with Gasteiger partial charge in [0, 0.05) is 11.1 Å². The highest BCUT2D eigenvalue weighted by Gasteiger charge is 2.47. The van der Waals surface area contributed by atoms with E-state index in [2.05, 4.69) is 0 Å². The van der Waals surface area contributed by atoms with Crippen molar-refractivity contribution in [1.82, 2.24) is 0 Å². The molecule has 166 valence electrons. The molecule has 1 aromatic rings. The van der Waals surface area contributed by atoms with Gasteiger partial charge in [0.1, 0.15) is 5.75 Å². The number of carboxylic acids is 1. The largest absolute Gasteiger partial charge is 0.507 e. The first kappa shape index (κ1) is 25.5. The standard InChI is InChI=1S/C23H38O5S/c1-9-10-11-12-13-23(8,20(25)26)29(27,28)16-14-17(21(2,3)4)19(24)18(15-16)22(5,6)7/h14-15,24H,9-13H2,1-8H3,(H,25,26). The molecule has 0 aliphatic heterocycles. The zero-order chi connectivity index (χ0) is 22.8. The number of rotatable bonds is 8. The normalized spacial score (nSPS) is 15.2. The van der Waals surface area contributed by atoms with Gasteiger partial charge in [-0.3, -0.25) is 4.79 Å². The van der Waals surface area contributed by atoms with Gasteiger partial charge in [-0.15, -0.1) is 0 Å². The number of aliphatic carboxylic acids is 1. The zero-order valence-corrected chi connectivity index (χ0v) is 20.0. The summed E-state index contributed by atoms with van der Waals surface area (Å²) in [4.78, 5) is 12.1. The van der Waals surface area contributed by atoms with Crippen LogP contribution in [0.5, 0.6) is 5.75 Å². The van der Waals surface area contributed by atoms with Crippen molar-refractivity contribution in [2.45, 2.75) is 108 Å². The molecule has 1 unspecified atom stereocenters.